The fourth-order valence-corrected chi connectivity index (χ4v) is 2.86. The summed E-state index contributed by atoms with van der Waals surface area (Å²) in [4.78, 5) is 2.55. The molecule has 0 aromatic heterocycles. The Balaban J connectivity index is 1.62. The van der Waals surface area contributed by atoms with Crippen LogP contribution in [0.5, 0.6) is 0 Å². The van der Waals surface area contributed by atoms with Crippen LogP contribution in [0.2, 0.25) is 0 Å². The van der Waals surface area contributed by atoms with Crippen LogP contribution in [-0.4, -0.2) is 51.6 Å². The lowest BCUT2D eigenvalue weighted by atomic mass is 9.96. The normalized spacial score (nSPS) is 17.5. The van der Waals surface area contributed by atoms with E-state index in [1.54, 1.807) is 14.2 Å². The number of likely N-dealkylation sites (tertiary alicyclic amines) is 1. The number of hydrogen-bond donors (Lipinski definition) is 1. The SMILES string of the molecule is COC(CNCC1CCN(Cc2ccccc2)CC1)OC. The second-order valence-corrected chi connectivity index (χ2v) is 5.76. The van der Waals surface area contributed by atoms with Gasteiger partial charge in [0, 0.05) is 27.3 Å². The van der Waals surface area contributed by atoms with Gasteiger partial charge < -0.3 is 14.8 Å². The number of nitrogens with one attached hydrogen (secondary N) is 1. The van der Waals surface area contributed by atoms with E-state index >= 15 is 0 Å². The third kappa shape index (κ3) is 5.75. The molecule has 118 valence electrons. The van der Waals surface area contributed by atoms with Gasteiger partial charge in [-0.3, -0.25) is 4.90 Å². The van der Waals surface area contributed by atoms with Crippen LogP contribution in [0.1, 0.15) is 18.4 Å². The lowest BCUT2D eigenvalue weighted by Crippen LogP contribution is -2.39. The summed E-state index contributed by atoms with van der Waals surface area (Å²) >= 11 is 0. The molecule has 4 heteroatoms. The van der Waals surface area contributed by atoms with Gasteiger partial charge in [0.05, 0.1) is 0 Å². The second kappa shape index (κ2) is 9.15. The van der Waals surface area contributed by atoms with E-state index in [9.17, 15) is 0 Å². The standard InChI is InChI=1S/C17H28N2O2/c1-20-17(21-2)13-18-12-15-8-10-19(11-9-15)14-16-6-4-3-5-7-16/h3-7,15,17-18H,8-14H2,1-2H3. The Morgan fingerprint density at radius 3 is 2.43 bits per heavy atom. The molecule has 0 unspecified atom stereocenters. The lowest BCUT2D eigenvalue weighted by Gasteiger charge is -2.32. The Kier molecular flexibility index (Phi) is 7.16. The van der Waals surface area contributed by atoms with Crippen LogP contribution in [0.15, 0.2) is 30.3 Å². The number of hydrogen-bond acceptors (Lipinski definition) is 4. The molecule has 0 spiro atoms. The Morgan fingerprint density at radius 2 is 1.81 bits per heavy atom. The zero-order valence-corrected chi connectivity index (χ0v) is 13.3. The van der Waals surface area contributed by atoms with Crippen LogP contribution >= 0.6 is 0 Å². The minimum Gasteiger partial charge on any atom is -0.355 e. The highest BCUT2D eigenvalue weighted by molar-refractivity contribution is 5.14. The van der Waals surface area contributed by atoms with E-state index in [1.807, 2.05) is 0 Å². The number of rotatable bonds is 8. The van der Waals surface area contributed by atoms with Crippen molar-refractivity contribution in [3.8, 4) is 0 Å². The fraction of sp³-hybridized carbons (Fsp3) is 0.647. The van der Waals surface area contributed by atoms with Crippen LogP contribution in [0.4, 0.5) is 0 Å². The van der Waals surface area contributed by atoms with E-state index in [0.29, 0.717) is 0 Å². The maximum Gasteiger partial charge on any atom is 0.169 e. The molecule has 21 heavy (non-hydrogen) atoms. The summed E-state index contributed by atoms with van der Waals surface area (Å²) in [5.41, 5.74) is 1.41. The van der Waals surface area contributed by atoms with Crippen LogP contribution in [-0.2, 0) is 16.0 Å². The van der Waals surface area contributed by atoms with Gasteiger partial charge in [-0.25, -0.2) is 0 Å². The van der Waals surface area contributed by atoms with Gasteiger partial charge in [0.25, 0.3) is 0 Å². The molecule has 0 aliphatic carbocycles. The molecule has 1 aromatic rings. The maximum atomic E-state index is 5.18. The first-order valence-electron chi connectivity index (χ1n) is 7.84. The van der Waals surface area contributed by atoms with Gasteiger partial charge in [-0.1, -0.05) is 30.3 Å². The molecule has 0 bridgehead atoms. The first-order chi connectivity index (χ1) is 10.3. The minimum absolute atomic E-state index is 0.136. The Labute approximate surface area is 128 Å². The summed E-state index contributed by atoms with van der Waals surface area (Å²) in [5.74, 6) is 0.770. The van der Waals surface area contributed by atoms with Gasteiger partial charge in [-0.15, -0.1) is 0 Å². The molecule has 0 atom stereocenters. The lowest BCUT2D eigenvalue weighted by molar-refractivity contribution is -0.0991. The zero-order valence-electron chi connectivity index (χ0n) is 13.3. The van der Waals surface area contributed by atoms with E-state index in [0.717, 1.165) is 25.6 Å². The fourth-order valence-electron chi connectivity index (χ4n) is 2.86. The van der Waals surface area contributed by atoms with Crippen LogP contribution in [0.3, 0.4) is 0 Å². The smallest absolute Gasteiger partial charge is 0.169 e. The summed E-state index contributed by atoms with van der Waals surface area (Å²) in [6, 6.07) is 10.7. The van der Waals surface area contributed by atoms with E-state index in [4.69, 9.17) is 9.47 Å². The summed E-state index contributed by atoms with van der Waals surface area (Å²) in [5, 5.41) is 3.45. The van der Waals surface area contributed by atoms with Crippen molar-refractivity contribution in [2.45, 2.75) is 25.7 Å². The predicted octanol–water partition coefficient (Wildman–Crippen LogP) is 2.11. The van der Waals surface area contributed by atoms with Crippen molar-refractivity contribution in [2.75, 3.05) is 40.4 Å². The molecule has 1 fully saturated rings. The Morgan fingerprint density at radius 1 is 1.14 bits per heavy atom. The molecule has 0 amide bonds. The topological polar surface area (TPSA) is 33.7 Å². The van der Waals surface area contributed by atoms with Crippen molar-refractivity contribution in [1.82, 2.24) is 10.2 Å². The van der Waals surface area contributed by atoms with E-state index < -0.39 is 0 Å². The van der Waals surface area contributed by atoms with Gasteiger partial charge in [0.15, 0.2) is 6.29 Å². The Bertz CT molecular complexity index is 374. The maximum absolute atomic E-state index is 5.18. The number of ether oxygens (including phenoxy) is 2. The highest BCUT2D eigenvalue weighted by Gasteiger charge is 2.19. The van der Waals surface area contributed by atoms with Crippen molar-refractivity contribution >= 4 is 0 Å². The van der Waals surface area contributed by atoms with Crippen LogP contribution in [0, 0.1) is 5.92 Å². The minimum atomic E-state index is -0.136. The molecule has 2 rings (SSSR count). The molecule has 1 heterocycles. The highest BCUT2D eigenvalue weighted by atomic mass is 16.7. The van der Waals surface area contributed by atoms with E-state index in [-0.39, 0.29) is 6.29 Å². The van der Waals surface area contributed by atoms with Gasteiger partial charge >= 0.3 is 0 Å². The summed E-state index contributed by atoms with van der Waals surface area (Å²) in [6.45, 7) is 5.29. The van der Waals surface area contributed by atoms with Crippen LogP contribution < -0.4 is 5.32 Å². The second-order valence-electron chi connectivity index (χ2n) is 5.76. The predicted molar refractivity (Wildman–Crippen MR) is 85.1 cm³/mol. The first-order valence-corrected chi connectivity index (χ1v) is 7.84. The molecular weight excluding hydrogens is 264 g/mol. The number of methoxy groups -OCH3 is 2. The van der Waals surface area contributed by atoms with Crippen molar-refractivity contribution in [1.29, 1.82) is 0 Å². The summed E-state index contributed by atoms with van der Waals surface area (Å²) < 4.78 is 10.4. The molecule has 0 radical (unpaired) electrons. The molecule has 1 aromatic carbocycles. The molecule has 1 aliphatic heterocycles. The molecular formula is C17H28N2O2. The average Bonchev–Trinajstić information content (AvgIpc) is 2.54. The number of piperidine rings is 1. The summed E-state index contributed by atoms with van der Waals surface area (Å²) in [6.07, 6.45) is 2.40. The molecule has 0 saturated carbocycles. The third-order valence-corrected chi connectivity index (χ3v) is 4.23. The molecule has 1 N–H and O–H groups in total. The van der Waals surface area contributed by atoms with Gasteiger partial charge in [0.2, 0.25) is 0 Å². The quantitative estimate of drug-likeness (QED) is 0.744. The van der Waals surface area contributed by atoms with Crippen LogP contribution in [0.25, 0.3) is 0 Å². The van der Waals surface area contributed by atoms with E-state index in [1.165, 1.54) is 31.5 Å². The van der Waals surface area contributed by atoms with Gasteiger partial charge in [0.1, 0.15) is 0 Å². The van der Waals surface area contributed by atoms with Crippen molar-refractivity contribution in [2.24, 2.45) is 5.92 Å². The summed E-state index contributed by atoms with van der Waals surface area (Å²) in [7, 11) is 3.36. The monoisotopic (exact) mass is 292 g/mol. The van der Waals surface area contributed by atoms with E-state index in [2.05, 4.69) is 40.5 Å². The molecule has 1 saturated heterocycles. The third-order valence-electron chi connectivity index (χ3n) is 4.23. The zero-order chi connectivity index (χ0) is 14.9. The highest BCUT2D eigenvalue weighted by Crippen LogP contribution is 2.18. The number of benzene rings is 1. The van der Waals surface area contributed by atoms with Crippen molar-refractivity contribution in [3.05, 3.63) is 35.9 Å². The Hall–Kier alpha value is -0.940. The van der Waals surface area contributed by atoms with Gasteiger partial charge in [-0.05, 0) is 44.0 Å². The van der Waals surface area contributed by atoms with Gasteiger partial charge in [-0.2, -0.15) is 0 Å². The average molecular weight is 292 g/mol. The van der Waals surface area contributed by atoms with Crippen molar-refractivity contribution in [3.63, 3.8) is 0 Å². The van der Waals surface area contributed by atoms with Crippen molar-refractivity contribution < 1.29 is 9.47 Å². The molecule has 4 nitrogen and oxygen atoms in total. The first kappa shape index (κ1) is 16.4. The molecule has 1 aliphatic rings. The largest absolute Gasteiger partial charge is 0.355 e. The number of nitrogens with zero attached hydrogens (tertiary/aromatic N) is 1.